The molecule has 0 atom stereocenters. The maximum absolute atomic E-state index is 9.38. The van der Waals surface area contributed by atoms with Crippen LogP contribution in [0.3, 0.4) is 0 Å². The first-order valence-electron chi connectivity index (χ1n) is 27.6. The van der Waals surface area contributed by atoms with Gasteiger partial charge >= 0.3 is 502 Å². The Kier molecular flexibility index (Phi) is 17.5. The number of rotatable bonds is 20. The van der Waals surface area contributed by atoms with Crippen molar-refractivity contribution in [2.45, 2.75) is 0 Å². The molecule has 0 bridgehead atoms. The van der Waals surface area contributed by atoms with E-state index in [0.29, 0.717) is 0 Å². The molecule has 9 heteroatoms. The van der Waals surface area contributed by atoms with Gasteiger partial charge in [0.05, 0.1) is 0 Å². The van der Waals surface area contributed by atoms with Gasteiger partial charge in [0.1, 0.15) is 0 Å². The van der Waals surface area contributed by atoms with Crippen LogP contribution in [0.5, 0.6) is 0 Å². The average Bonchev–Trinajstić information content (AvgIpc) is 3.74. The van der Waals surface area contributed by atoms with E-state index in [1.165, 1.54) is 0 Å². The van der Waals surface area contributed by atoms with Crippen LogP contribution in [-0.2, 0) is 11.1 Å². The summed E-state index contributed by atoms with van der Waals surface area (Å²) in [5.74, 6) is 0. The van der Waals surface area contributed by atoms with Gasteiger partial charge in [-0.15, -0.1) is 0 Å². The number of hydrogen-bond donors (Lipinski definition) is 0. The molecule has 0 aliphatic heterocycles. The predicted molar refractivity (Wildman–Crippen MR) is 346 cm³/mol. The molecular weight excluding hydrogens is 1430 g/mol. The van der Waals surface area contributed by atoms with Gasteiger partial charge in [-0.1, -0.05) is 0 Å². The monoisotopic (exact) mass is 1500 g/mol. The summed E-state index contributed by atoms with van der Waals surface area (Å²) < 4.78 is 50.8. The summed E-state index contributed by atoms with van der Waals surface area (Å²) in [5.41, 5.74) is 0. The van der Waals surface area contributed by atoms with E-state index in [2.05, 4.69) is 364 Å². The average molecular weight is 1490 g/mol. The second-order valence-corrected chi connectivity index (χ2v) is 64.2. The van der Waals surface area contributed by atoms with E-state index in [-0.39, 0.29) is 0 Å². The molecule has 0 aromatic heterocycles. The molecule has 0 fully saturated rings. The third-order valence-electron chi connectivity index (χ3n) is 15.3. The fraction of sp³-hybridized carbons (Fsp3) is 0. The molecule has 392 valence electrons. The van der Waals surface area contributed by atoms with Gasteiger partial charge in [0.2, 0.25) is 0 Å². The van der Waals surface area contributed by atoms with Crippen molar-refractivity contribution in [2.75, 3.05) is 0 Å². The molecule has 4 nitrogen and oxygen atoms in total. The van der Waals surface area contributed by atoms with Gasteiger partial charge in [-0.2, -0.15) is 0 Å². The van der Waals surface area contributed by atoms with Crippen LogP contribution in [0.1, 0.15) is 0 Å². The molecule has 0 saturated carbocycles. The Bertz CT molecular complexity index is 2950. The van der Waals surface area contributed by atoms with E-state index in [1.54, 1.807) is 0 Å². The van der Waals surface area contributed by atoms with Gasteiger partial charge in [-0.05, 0) is 0 Å². The molecule has 0 saturated heterocycles. The van der Waals surface area contributed by atoms with Crippen molar-refractivity contribution in [1.29, 1.82) is 0 Å². The topological polar surface area (TPSA) is 36.9 Å². The summed E-state index contributed by atoms with van der Waals surface area (Å²) >= 11 is -21.1. The van der Waals surface area contributed by atoms with Crippen LogP contribution in [0.15, 0.2) is 364 Å². The Labute approximate surface area is 496 Å². The SMILES string of the molecule is c1cc[c]([Sn]([O][Si]([O][Sn]([c]2ccccc2)([c]2ccccc2)[c]2ccccc2)([O][Sn]([c]2ccccc2)([c]2ccccc2)[c]2ccccc2)[O][Sn]([c]2ccccc2)([c]2ccccc2)[c]2ccccc2)([c]2ccccc2)[c]2ccccc2)cc1. The van der Waals surface area contributed by atoms with Crippen molar-refractivity contribution in [2.24, 2.45) is 0 Å². The Morgan fingerprint density at radius 1 is 0.136 bits per heavy atom. The maximum atomic E-state index is 9.38. The second-order valence-electron chi connectivity index (χ2n) is 20.0. The molecule has 0 radical (unpaired) electrons. The fourth-order valence-electron chi connectivity index (χ4n) is 11.7. The first kappa shape index (κ1) is 55.4. The van der Waals surface area contributed by atoms with Crippen LogP contribution in [-0.4, -0.2) is 84.2 Å². The van der Waals surface area contributed by atoms with Crippen molar-refractivity contribution in [3.8, 4) is 0 Å². The van der Waals surface area contributed by atoms with Crippen LogP contribution in [0.25, 0.3) is 0 Å². The van der Waals surface area contributed by atoms with E-state index in [1.807, 2.05) is 0 Å². The Morgan fingerprint density at radius 3 is 0.309 bits per heavy atom. The van der Waals surface area contributed by atoms with Gasteiger partial charge in [0.25, 0.3) is 0 Å². The van der Waals surface area contributed by atoms with Crippen LogP contribution >= 0.6 is 0 Å². The quantitative estimate of drug-likeness (QED) is 0.0723. The van der Waals surface area contributed by atoms with Crippen LogP contribution < -0.4 is 43.0 Å². The Morgan fingerprint density at radius 2 is 0.222 bits per heavy atom. The predicted octanol–water partition coefficient (Wildman–Crippen LogP) is 8.16. The molecule has 0 N–H and O–H groups in total. The standard InChI is InChI=1S/12C6H5.O4Si.4Sn/c12*1-2-4-6-5-3-1;1-5(2,3)4;;;;/h12*1-5H;;;;;/q;;;;;;;;;;;;-4;4*+1. The van der Waals surface area contributed by atoms with Crippen molar-refractivity contribution in [3.05, 3.63) is 364 Å². The molecule has 0 amide bonds. The van der Waals surface area contributed by atoms with Gasteiger partial charge in [-0.3, -0.25) is 0 Å². The molecule has 81 heavy (non-hydrogen) atoms. The summed E-state index contributed by atoms with van der Waals surface area (Å²) in [5, 5.41) is 0. The molecule has 12 aromatic carbocycles. The van der Waals surface area contributed by atoms with E-state index < -0.39 is 84.2 Å². The fourth-order valence-corrected chi connectivity index (χ4v) is 90.4. The summed E-state index contributed by atoms with van der Waals surface area (Å²) in [6, 6.07) is 132. The molecule has 0 unspecified atom stereocenters. The first-order valence-corrected chi connectivity index (χ1v) is 51.0. The zero-order valence-corrected chi connectivity index (χ0v) is 57.2. The van der Waals surface area contributed by atoms with Gasteiger partial charge in [0, 0.05) is 0 Å². The van der Waals surface area contributed by atoms with E-state index in [9.17, 15) is 11.1 Å². The summed E-state index contributed by atoms with van der Waals surface area (Å²) in [6.45, 7) is 0. The van der Waals surface area contributed by atoms with Gasteiger partial charge < -0.3 is 0 Å². The van der Waals surface area contributed by atoms with E-state index in [0.717, 1.165) is 43.0 Å². The normalized spacial score (nSPS) is 12.1. The molecule has 0 heterocycles. The minimum absolute atomic E-state index is 1.11. The molecule has 0 aliphatic carbocycles. The number of benzene rings is 12. The van der Waals surface area contributed by atoms with Crippen molar-refractivity contribution < 1.29 is 11.1 Å². The zero-order valence-electron chi connectivity index (χ0n) is 44.8. The second kappa shape index (κ2) is 25.6. The van der Waals surface area contributed by atoms with Gasteiger partial charge in [-0.25, -0.2) is 0 Å². The molecule has 0 spiro atoms. The summed E-state index contributed by atoms with van der Waals surface area (Å²) in [6.07, 6.45) is 0. The molecule has 12 aromatic rings. The first-order chi connectivity index (χ1) is 40.1. The molecular formula is C72H60O4SiSn4. The summed E-state index contributed by atoms with van der Waals surface area (Å²) in [7, 11) is -5.16. The van der Waals surface area contributed by atoms with Crippen LogP contribution in [0.2, 0.25) is 0 Å². The van der Waals surface area contributed by atoms with Crippen molar-refractivity contribution >= 4 is 127 Å². The summed E-state index contributed by atoms with van der Waals surface area (Å²) in [4.78, 5) is 0. The number of hydrogen-bond acceptors (Lipinski definition) is 4. The minimum atomic E-state index is -5.29. The zero-order chi connectivity index (χ0) is 54.7. The third kappa shape index (κ3) is 11.1. The third-order valence-corrected chi connectivity index (χ3v) is 75.8. The Balaban J connectivity index is 1.34. The molecule has 0 aliphatic rings. The van der Waals surface area contributed by atoms with Crippen LogP contribution in [0, 0.1) is 0 Å². The molecule has 12 rings (SSSR count). The van der Waals surface area contributed by atoms with Gasteiger partial charge in [0.15, 0.2) is 0 Å². The van der Waals surface area contributed by atoms with Crippen LogP contribution in [0.4, 0.5) is 0 Å². The van der Waals surface area contributed by atoms with E-state index >= 15 is 0 Å². The Hall–Kier alpha value is -6.11. The van der Waals surface area contributed by atoms with E-state index in [4.69, 9.17) is 0 Å². The van der Waals surface area contributed by atoms with Crippen molar-refractivity contribution in [3.63, 3.8) is 0 Å². The van der Waals surface area contributed by atoms with Crippen molar-refractivity contribution in [1.82, 2.24) is 0 Å².